The highest BCUT2D eigenvalue weighted by atomic mass is 16.5. The minimum atomic E-state index is -0.720. The average Bonchev–Trinajstić information content (AvgIpc) is 3.17. The van der Waals surface area contributed by atoms with Gasteiger partial charge in [-0.1, -0.05) is 43.6 Å². The molecule has 1 heterocycles. The summed E-state index contributed by atoms with van der Waals surface area (Å²) in [6.07, 6.45) is 3.34. The molecule has 9 heteroatoms. The van der Waals surface area contributed by atoms with E-state index in [0.717, 1.165) is 11.3 Å². The number of ether oxygens (including phenoxy) is 1. The summed E-state index contributed by atoms with van der Waals surface area (Å²) >= 11 is 0. The van der Waals surface area contributed by atoms with E-state index in [0.29, 0.717) is 13.0 Å². The molecule has 0 aliphatic carbocycles. The Hall–Kier alpha value is -3.10. The fourth-order valence-electron chi connectivity index (χ4n) is 2.97. The van der Waals surface area contributed by atoms with Crippen LogP contribution in [0.25, 0.3) is 5.70 Å². The lowest BCUT2D eigenvalue weighted by Gasteiger charge is -2.29. The fourth-order valence-corrected chi connectivity index (χ4v) is 2.97. The van der Waals surface area contributed by atoms with Crippen LogP contribution in [0.15, 0.2) is 40.6 Å². The molecule has 1 aromatic carbocycles. The Kier molecular flexibility index (Phi) is 8.00. The van der Waals surface area contributed by atoms with E-state index in [-0.39, 0.29) is 17.9 Å². The number of hydrazone groups is 1. The summed E-state index contributed by atoms with van der Waals surface area (Å²) in [5.41, 5.74) is 2.96. The Morgan fingerprint density at radius 1 is 1.41 bits per heavy atom. The summed E-state index contributed by atoms with van der Waals surface area (Å²) in [5.74, 6) is -0.382. The van der Waals surface area contributed by atoms with E-state index in [4.69, 9.17) is 0 Å². The SMILES string of the molecule is Bc1ccc(/C(=C/N=C)NC[C@H]2CC=NN2C(=O)[C@@H](NC(=O)OC)C(C)C)cc1. The Morgan fingerprint density at radius 2 is 2.10 bits per heavy atom. The second-order valence-electron chi connectivity index (χ2n) is 7.20. The van der Waals surface area contributed by atoms with Crippen LogP contribution in [0, 0.1) is 5.92 Å². The van der Waals surface area contributed by atoms with Gasteiger partial charge in [0.15, 0.2) is 0 Å². The van der Waals surface area contributed by atoms with Crippen molar-refractivity contribution < 1.29 is 14.3 Å². The standard InChI is InChI=1S/C20H28BN5O3/c1-13(2)18(25-20(28)29-4)19(27)26-16(9-10-24-26)11-23-17(12-22-3)14-5-7-15(21)8-6-14/h5-8,10,12-13,16,18,23H,3,9,11,21H2,1-2,4H3,(H,25,28)/b17-12-/t16-,18+/m1/s1. The number of hydrogen-bond donors (Lipinski definition) is 2. The molecule has 0 radical (unpaired) electrons. The van der Waals surface area contributed by atoms with Crippen molar-refractivity contribution in [2.45, 2.75) is 32.4 Å². The quantitative estimate of drug-likeness (QED) is 0.493. The van der Waals surface area contributed by atoms with E-state index >= 15 is 0 Å². The van der Waals surface area contributed by atoms with Crippen molar-refractivity contribution in [2.75, 3.05) is 13.7 Å². The minimum absolute atomic E-state index is 0.112. The number of amides is 2. The average molecular weight is 397 g/mol. The summed E-state index contributed by atoms with van der Waals surface area (Å²) < 4.78 is 4.64. The van der Waals surface area contributed by atoms with E-state index in [1.54, 1.807) is 12.4 Å². The van der Waals surface area contributed by atoms with E-state index in [1.165, 1.54) is 17.6 Å². The zero-order valence-electron chi connectivity index (χ0n) is 17.4. The second-order valence-corrected chi connectivity index (χ2v) is 7.20. The van der Waals surface area contributed by atoms with Gasteiger partial charge in [-0.05, 0) is 18.2 Å². The van der Waals surface area contributed by atoms with Crippen molar-refractivity contribution >= 4 is 43.9 Å². The van der Waals surface area contributed by atoms with Crippen LogP contribution in [-0.2, 0) is 9.53 Å². The van der Waals surface area contributed by atoms with Gasteiger partial charge in [-0.25, -0.2) is 9.80 Å². The number of carbonyl (C=O) groups is 2. The molecule has 0 bridgehead atoms. The number of rotatable bonds is 8. The molecule has 2 atom stereocenters. The van der Waals surface area contributed by atoms with Crippen LogP contribution in [0.1, 0.15) is 25.8 Å². The molecule has 0 fully saturated rings. The minimum Gasteiger partial charge on any atom is -0.453 e. The van der Waals surface area contributed by atoms with Crippen molar-refractivity contribution in [3.63, 3.8) is 0 Å². The van der Waals surface area contributed by atoms with Crippen molar-refractivity contribution in [1.82, 2.24) is 15.6 Å². The molecule has 0 spiro atoms. The third kappa shape index (κ3) is 5.94. The maximum atomic E-state index is 13.0. The molecule has 29 heavy (non-hydrogen) atoms. The molecule has 1 aliphatic rings. The number of nitrogens with zero attached hydrogens (tertiary/aromatic N) is 3. The number of benzene rings is 1. The van der Waals surface area contributed by atoms with Crippen LogP contribution >= 0.6 is 0 Å². The van der Waals surface area contributed by atoms with E-state index < -0.39 is 12.1 Å². The van der Waals surface area contributed by atoms with Gasteiger partial charge in [-0.3, -0.25) is 9.79 Å². The predicted octanol–water partition coefficient (Wildman–Crippen LogP) is 0.501. The highest BCUT2D eigenvalue weighted by molar-refractivity contribution is 6.32. The lowest BCUT2D eigenvalue weighted by molar-refractivity contribution is -0.136. The van der Waals surface area contributed by atoms with E-state index in [1.807, 2.05) is 46.0 Å². The summed E-state index contributed by atoms with van der Waals surface area (Å²) in [5, 5.41) is 11.6. The monoisotopic (exact) mass is 397 g/mol. The molecule has 8 nitrogen and oxygen atoms in total. The van der Waals surface area contributed by atoms with Gasteiger partial charge in [0, 0.05) is 25.4 Å². The van der Waals surface area contributed by atoms with Crippen LogP contribution in [-0.4, -0.2) is 63.5 Å². The first-order valence-electron chi connectivity index (χ1n) is 9.54. The first kappa shape index (κ1) is 22.2. The van der Waals surface area contributed by atoms with Crippen LogP contribution < -0.4 is 16.1 Å². The zero-order chi connectivity index (χ0) is 21.4. The smallest absolute Gasteiger partial charge is 0.407 e. The van der Waals surface area contributed by atoms with Gasteiger partial charge in [-0.15, -0.1) is 0 Å². The normalized spacial score (nSPS) is 17.2. The van der Waals surface area contributed by atoms with Crippen LogP contribution in [0.5, 0.6) is 0 Å². The van der Waals surface area contributed by atoms with Gasteiger partial charge in [0.1, 0.15) is 13.9 Å². The molecular formula is C20H28BN5O3. The van der Waals surface area contributed by atoms with Crippen molar-refractivity contribution in [1.29, 1.82) is 0 Å². The highest BCUT2D eigenvalue weighted by Crippen LogP contribution is 2.17. The third-order valence-electron chi connectivity index (χ3n) is 4.66. The zero-order valence-corrected chi connectivity index (χ0v) is 17.4. The topological polar surface area (TPSA) is 95.4 Å². The first-order valence-corrected chi connectivity index (χ1v) is 9.54. The summed E-state index contributed by atoms with van der Waals surface area (Å²) in [7, 11) is 3.30. The van der Waals surface area contributed by atoms with Crippen LogP contribution in [0.3, 0.4) is 0 Å². The van der Waals surface area contributed by atoms with Gasteiger partial charge in [0.05, 0.1) is 18.8 Å². The molecule has 2 rings (SSSR count). The Balaban J connectivity index is 2.08. The van der Waals surface area contributed by atoms with E-state index in [2.05, 4.69) is 32.2 Å². The maximum Gasteiger partial charge on any atom is 0.407 e. The number of aliphatic imine (C=N–C) groups is 1. The lowest BCUT2D eigenvalue weighted by atomic mass is 9.95. The predicted molar refractivity (Wildman–Crippen MR) is 118 cm³/mol. The Bertz CT molecular complexity index is 792. The number of nitrogens with one attached hydrogen (secondary N) is 2. The molecular weight excluding hydrogens is 369 g/mol. The fraction of sp³-hybridized carbons (Fsp3) is 0.400. The van der Waals surface area contributed by atoms with Gasteiger partial charge < -0.3 is 15.4 Å². The van der Waals surface area contributed by atoms with Crippen molar-refractivity contribution in [2.24, 2.45) is 16.0 Å². The lowest BCUT2D eigenvalue weighted by Crippen LogP contribution is -2.52. The van der Waals surface area contributed by atoms with Gasteiger partial charge in [0.2, 0.25) is 0 Å². The summed E-state index contributed by atoms with van der Waals surface area (Å²) in [6, 6.07) is 7.15. The molecule has 0 aromatic heterocycles. The number of hydrogen-bond acceptors (Lipinski definition) is 6. The second kappa shape index (κ2) is 10.4. The number of carbonyl (C=O) groups excluding carboxylic acids is 2. The molecule has 0 saturated heterocycles. The summed E-state index contributed by atoms with van der Waals surface area (Å²) in [4.78, 5) is 28.5. The third-order valence-corrected chi connectivity index (χ3v) is 4.66. The molecule has 1 aliphatic heterocycles. The molecule has 0 saturated carbocycles. The maximum absolute atomic E-state index is 13.0. The van der Waals surface area contributed by atoms with Crippen LogP contribution in [0.2, 0.25) is 0 Å². The van der Waals surface area contributed by atoms with Gasteiger partial charge >= 0.3 is 6.09 Å². The van der Waals surface area contributed by atoms with Crippen molar-refractivity contribution in [3.05, 3.63) is 36.0 Å². The van der Waals surface area contributed by atoms with Crippen LogP contribution in [0.4, 0.5) is 4.79 Å². The largest absolute Gasteiger partial charge is 0.453 e. The molecule has 0 unspecified atom stereocenters. The van der Waals surface area contributed by atoms with Crippen molar-refractivity contribution in [3.8, 4) is 0 Å². The Morgan fingerprint density at radius 3 is 2.69 bits per heavy atom. The molecule has 2 N–H and O–H groups in total. The van der Waals surface area contributed by atoms with Gasteiger partial charge in [-0.2, -0.15) is 5.10 Å². The first-order chi connectivity index (χ1) is 13.9. The van der Waals surface area contributed by atoms with Gasteiger partial charge in [0.25, 0.3) is 5.91 Å². The molecule has 1 aromatic rings. The molecule has 2 amide bonds. The number of alkyl carbamates (subject to hydrolysis) is 1. The highest BCUT2D eigenvalue weighted by Gasteiger charge is 2.34. The Labute approximate surface area is 172 Å². The number of methoxy groups -OCH3 is 1. The summed E-state index contributed by atoms with van der Waals surface area (Å²) in [6.45, 7) is 7.73. The molecule has 154 valence electrons. The van der Waals surface area contributed by atoms with E-state index in [9.17, 15) is 9.59 Å².